The summed E-state index contributed by atoms with van der Waals surface area (Å²) in [5.41, 5.74) is 1.80. The van der Waals surface area contributed by atoms with Gasteiger partial charge in [0.05, 0.1) is 5.69 Å². The van der Waals surface area contributed by atoms with E-state index < -0.39 is 5.02 Å². The fourth-order valence-electron chi connectivity index (χ4n) is 1.45. The van der Waals surface area contributed by atoms with Crippen molar-refractivity contribution in [2.45, 2.75) is 5.02 Å². The van der Waals surface area contributed by atoms with Gasteiger partial charge in [-0.25, -0.2) is 0 Å². The van der Waals surface area contributed by atoms with Gasteiger partial charge in [-0.15, -0.1) is 0 Å². The van der Waals surface area contributed by atoms with Crippen LogP contribution in [0.5, 0.6) is 5.75 Å². The Morgan fingerprint density at radius 2 is 1.53 bits per heavy atom. The maximum absolute atomic E-state index is 5.60. The molecule has 1 N–H and O–H groups in total. The Morgan fingerprint density at radius 3 is 2.24 bits per heavy atom. The third-order valence-corrected chi connectivity index (χ3v) is 2.33. The maximum atomic E-state index is 5.60. The van der Waals surface area contributed by atoms with Gasteiger partial charge in [0.2, 0.25) is 5.02 Å². The Labute approximate surface area is 110 Å². The van der Waals surface area contributed by atoms with Crippen molar-refractivity contribution < 1.29 is 4.74 Å². The molecule has 0 aliphatic carbocycles. The van der Waals surface area contributed by atoms with E-state index in [-0.39, 0.29) is 0 Å². The molecule has 0 saturated carbocycles. The lowest BCUT2D eigenvalue weighted by Gasteiger charge is -2.13. The first kappa shape index (κ1) is 12.1. The van der Waals surface area contributed by atoms with E-state index in [1.54, 1.807) is 0 Å². The summed E-state index contributed by atoms with van der Waals surface area (Å²) >= 11 is 11.2. The minimum absolute atomic E-state index is 0.617. The number of hydrogen-bond donors (Lipinski definition) is 1. The highest BCUT2D eigenvalue weighted by atomic mass is 35.5. The summed E-state index contributed by atoms with van der Waals surface area (Å²) in [6, 6.07) is 17.3. The fourth-order valence-corrected chi connectivity index (χ4v) is 1.64. The molecule has 0 bridgehead atoms. The van der Waals surface area contributed by atoms with Crippen LogP contribution >= 0.6 is 23.2 Å². The number of nitrogens with one attached hydrogen (secondary N) is 1. The lowest BCUT2D eigenvalue weighted by molar-refractivity contribution is 0.356. The molecule has 2 aromatic rings. The normalized spacial score (nSPS) is 10.3. The summed E-state index contributed by atoms with van der Waals surface area (Å²) in [6.45, 7) is 0. The molecule has 0 heterocycles. The first-order valence-corrected chi connectivity index (χ1v) is 5.99. The van der Waals surface area contributed by atoms with E-state index in [0.29, 0.717) is 5.75 Å². The van der Waals surface area contributed by atoms with Crippen molar-refractivity contribution in [2.24, 2.45) is 0 Å². The topological polar surface area (TPSA) is 21.3 Å². The number of halogens is 2. The molecule has 0 unspecified atom stereocenters. The summed E-state index contributed by atoms with van der Waals surface area (Å²) in [5.74, 6) is 0.617. The SMILES string of the molecule is ClC(Cl)Oc1ccccc1Nc1ccccc1. The molecular formula is C13H11Cl2NO. The molecule has 0 aromatic heterocycles. The van der Waals surface area contributed by atoms with Gasteiger partial charge in [0.15, 0.2) is 0 Å². The van der Waals surface area contributed by atoms with Crippen LogP contribution in [0.4, 0.5) is 11.4 Å². The van der Waals surface area contributed by atoms with E-state index in [9.17, 15) is 0 Å². The predicted molar refractivity (Wildman–Crippen MR) is 72.3 cm³/mol. The second kappa shape index (κ2) is 5.80. The first-order chi connectivity index (χ1) is 8.25. The zero-order chi connectivity index (χ0) is 12.1. The Balaban J connectivity index is 2.20. The third kappa shape index (κ3) is 3.55. The van der Waals surface area contributed by atoms with Gasteiger partial charge >= 0.3 is 0 Å². The predicted octanol–water partition coefficient (Wildman–Crippen LogP) is 4.57. The molecule has 0 aliphatic rings. The van der Waals surface area contributed by atoms with Crippen LogP contribution in [0.25, 0.3) is 0 Å². The standard InChI is InChI=1S/C13H11Cl2NO/c14-13(15)17-12-9-5-4-8-11(12)16-10-6-2-1-3-7-10/h1-9,13,16H. The van der Waals surface area contributed by atoms with Crippen molar-refractivity contribution in [3.05, 3.63) is 54.6 Å². The van der Waals surface area contributed by atoms with E-state index in [4.69, 9.17) is 27.9 Å². The van der Waals surface area contributed by atoms with E-state index in [1.165, 1.54) is 0 Å². The summed E-state index contributed by atoms with van der Waals surface area (Å²) in [4.78, 5) is 0. The largest absolute Gasteiger partial charge is 0.459 e. The number of anilines is 2. The smallest absolute Gasteiger partial charge is 0.247 e. The molecule has 0 aliphatic heterocycles. The monoisotopic (exact) mass is 267 g/mol. The second-order valence-corrected chi connectivity index (χ2v) is 4.38. The molecule has 88 valence electrons. The Kier molecular flexibility index (Phi) is 4.13. The van der Waals surface area contributed by atoms with Crippen LogP contribution in [0.15, 0.2) is 54.6 Å². The average Bonchev–Trinajstić information content (AvgIpc) is 2.32. The van der Waals surface area contributed by atoms with Crippen LogP contribution < -0.4 is 10.1 Å². The van der Waals surface area contributed by atoms with Gasteiger partial charge in [-0.05, 0) is 24.3 Å². The van der Waals surface area contributed by atoms with Gasteiger partial charge < -0.3 is 10.1 Å². The lowest BCUT2D eigenvalue weighted by atomic mass is 10.2. The van der Waals surface area contributed by atoms with Gasteiger partial charge in [0.1, 0.15) is 5.75 Å². The molecule has 0 saturated heterocycles. The van der Waals surface area contributed by atoms with Crippen molar-refractivity contribution in [2.75, 3.05) is 5.32 Å². The molecule has 17 heavy (non-hydrogen) atoms. The number of ether oxygens (including phenoxy) is 1. The number of alkyl halides is 2. The zero-order valence-electron chi connectivity index (χ0n) is 8.94. The Morgan fingerprint density at radius 1 is 0.882 bits per heavy atom. The molecule has 2 nitrogen and oxygen atoms in total. The second-order valence-electron chi connectivity index (χ2n) is 3.37. The van der Waals surface area contributed by atoms with Crippen molar-refractivity contribution in [1.29, 1.82) is 0 Å². The van der Waals surface area contributed by atoms with Crippen molar-refractivity contribution in [3.63, 3.8) is 0 Å². The Hall–Kier alpha value is -1.38. The van der Waals surface area contributed by atoms with E-state index in [0.717, 1.165) is 11.4 Å². The minimum Gasteiger partial charge on any atom is -0.459 e. The van der Waals surface area contributed by atoms with Crippen LogP contribution in [0.2, 0.25) is 0 Å². The van der Waals surface area contributed by atoms with Crippen LogP contribution in [0.1, 0.15) is 0 Å². The number of para-hydroxylation sites is 3. The molecule has 0 fully saturated rings. The van der Waals surface area contributed by atoms with Gasteiger partial charge in [-0.1, -0.05) is 53.5 Å². The van der Waals surface area contributed by atoms with Crippen LogP contribution in [0.3, 0.4) is 0 Å². The third-order valence-electron chi connectivity index (χ3n) is 2.16. The fraction of sp³-hybridized carbons (Fsp3) is 0.0769. The number of rotatable bonds is 4. The summed E-state index contributed by atoms with van der Waals surface area (Å²) in [5, 5.41) is 2.35. The molecule has 2 rings (SSSR count). The lowest BCUT2D eigenvalue weighted by Crippen LogP contribution is -2.02. The molecule has 4 heteroatoms. The van der Waals surface area contributed by atoms with E-state index in [2.05, 4.69) is 5.32 Å². The molecule has 0 atom stereocenters. The first-order valence-electron chi connectivity index (χ1n) is 5.11. The van der Waals surface area contributed by atoms with Gasteiger partial charge in [0.25, 0.3) is 0 Å². The zero-order valence-corrected chi connectivity index (χ0v) is 10.4. The highest BCUT2D eigenvalue weighted by Gasteiger charge is 2.06. The van der Waals surface area contributed by atoms with Gasteiger partial charge in [0, 0.05) is 5.69 Å². The highest BCUT2D eigenvalue weighted by molar-refractivity contribution is 6.43. The molecule has 2 aromatic carbocycles. The average molecular weight is 268 g/mol. The van der Waals surface area contributed by atoms with E-state index in [1.807, 2.05) is 54.6 Å². The summed E-state index contributed by atoms with van der Waals surface area (Å²) in [6.07, 6.45) is 0. The summed E-state index contributed by atoms with van der Waals surface area (Å²) in [7, 11) is 0. The van der Waals surface area contributed by atoms with Crippen molar-refractivity contribution >= 4 is 34.6 Å². The molecule has 0 radical (unpaired) electrons. The van der Waals surface area contributed by atoms with Crippen LogP contribution in [-0.4, -0.2) is 5.02 Å². The van der Waals surface area contributed by atoms with Crippen molar-refractivity contribution in [1.82, 2.24) is 0 Å². The molecule has 0 spiro atoms. The number of hydrogen-bond acceptors (Lipinski definition) is 2. The van der Waals surface area contributed by atoms with Crippen LogP contribution in [-0.2, 0) is 0 Å². The van der Waals surface area contributed by atoms with Gasteiger partial charge in [-0.3, -0.25) is 0 Å². The van der Waals surface area contributed by atoms with Crippen LogP contribution in [0, 0.1) is 0 Å². The number of benzene rings is 2. The van der Waals surface area contributed by atoms with E-state index >= 15 is 0 Å². The molecule has 0 amide bonds. The maximum Gasteiger partial charge on any atom is 0.247 e. The Bertz CT molecular complexity index is 474. The minimum atomic E-state index is -0.881. The molecular weight excluding hydrogens is 257 g/mol. The van der Waals surface area contributed by atoms with Crippen molar-refractivity contribution in [3.8, 4) is 5.75 Å². The summed E-state index contributed by atoms with van der Waals surface area (Å²) < 4.78 is 5.29. The quantitative estimate of drug-likeness (QED) is 0.820. The highest BCUT2D eigenvalue weighted by Crippen LogP contribution is 2.29. The van der Waals surface area contributed by atoms with Gasteiger partial charge in [-0.2, -0.15) is 0 Å².